The minimum Gasteiger partial charge on any atom is -0.508 e. The van der Waals surface area contributed by atoms with Gasteiger partial charge >= 0.3 is 0 Å². The molecule has 3 rings (SSSR count). The molecule has 3 N–H and O–H groups in total. The largest absolute Gasteiger partial charge is 0.508 e. The maximum absolute atomic E-state index is 10.3. The van der Waals surface area contributed by atoms with Gasteiger partial charge in [0.05, 0.1) is 19.8 Å². The first-order valence-corrected chi connectivity index (χ1v) is 10.8. The van der Waals surface area contributed by atoms with Crippen LogP contribution in [-0.4, -0.2) is 50.6 Å². The van der Waals surface area contributed by atoms with Crippen LogP contribution in [-0.2, 0) is 28.9 Å². The number of ether oxygens (including phenoxy) is 2. The van der Waals surface area contributed by atoms with E-state index in [1.165, 1.54) is 24.0 Å². The summed E-state index contributed by atoms with van der Waals surface area (Å²) in [7, 11) is 0. The Morgan fingerprint density at radius 3 is 3.00 bits per heavy atom. The highest BCUT2D eigenvalue weighted by atomic mass is 16.5. The van der Waals surface area contributed by atoms with Gasteiger partial charge in [-0.15, -0.1) is 0 Å². The number of hydrogen-bond acceptors (Lipinski definition) is 4. The lowest BCUT2D eigenvalue weighted by Gasteiger charge is -2.20. The van der Waals surface area contributed by atoms with Gasteiger partial charge in [-0.2, -0.15) is 0 Å². The van der Waals surface area contributed by atoms with Crippen LogP contribution in [0.3, 0.4) is 0 Å². The Morgan fingerprint density at radius 1 is 1.29 bits per heavy atom. The van der Waals surface area contributed by atoms with Crippen molar-refractivity contribution in [3.8, 4) is 5.75 Å². The average Bonchev–Trinajstić information content (AvgIpc) is 3.23. The van der Waals surface area contributed by atoms with E-state index in [9.17, 15) is 5.11 Å². The second kappa shape index (κ2) is 11.3. The number of phenols is 1. The molecule has 1 aliphatic heterocycles. The molecule has 6 nitrogen and oxygen atoms in total. The first-order valence-electron chi connectivity index (χ1n) is 10.8. The van der Waals surface area contributed by atoms with Gasteiger partial charge in [0.1, 0.15) is 5.75 Å². The van der Waals surface area contributed by atoms with Crippen LogP contribution >= 0.6 is 0 Å². The number of rotatable bonds is 9. The quantitative estimate of drug-likeness (QED) is 0.344. The molecule has 0 bridgehead atoms. The van der Waals surface area contributed by atoms with Gasteiger partial charge in [-0.1, -0.05) is 6.07 Å². The molecule has 1 aromatic carbocycles. The molecule has 6 heteroatoms. The predicted molar refractivity (Wildman–Crippen MR) is 112 cm³/mol. The Labute approximate surface area is 168 Å². The van der Waals surface area contributed by atoms with Crippen molar-refractivity contribution in [1.29, 1.82) is 0 Å². The van der Waals surface area contributed by atoms with E-state index in [1.807, 2.05) is 6.07 Å². The first kappa shape index (κ1) is 20.9. The summed E-state index contributed by atoms with van der Waals surface area (Å²) in [6, 6.07) is 3.89. The van der Waals surface area contributed by atoms with E-state index < -0.39 is 0 Å². The number of hydrogen-bond donors (Lipinski definition) is 3. The molecule has 28 heavy (non-hydrogen) atoms. The van der Waals surface area contributed by atoms with E-state index in [4.69, 9.17) is 14.5 Å². The van der Waals surface area contributed by atoms with E-state index in [2.05, 4.69) is 23.6 Å². The smallest absolute Gasteiger partial charge is 0.191 e. The summed E-state index contributed by atoms with van der Waals surface area (Å²) in [5.41, 5.74) is 3.66. The highest BCUT2D eigenvalue weighted by molar-refractivity contribution is 5.79. The van der Waals surface area contributed by atoms with Gasteiger partial charge in [0.2, 0.25) is 0 Å². The van der Waals surface area contributed by atoms with Gasteiger partial charge in [-0.3, -0.25) is 0 Å². The molecule has 0 radical (unpaired) electrons. The van der Waals surface area contributed by atoms with Gasteiger partial charge in [0.25, 0.3) is 0 Å². The summed E-state index contributed by atoms with van der Waals surface area (Å²) in [6.45, 7) is 7.44. The van der Waals surface area contributed by atoms with Crippen LogP contribution < -0.4 is 10.6 Å². The van der Waals surface area contributed by atoms with Crippen LogP contribution in [0.15, 0.2) is 17.1 Å². The Kier molecular flexibility index (Phi) is 8.42. The van der Waals surface area contributed by atoms with Crippen molar-refractivity contribution in [3.05, 3.63) is 28.8 Å². The summed E-state index contributed by atoms with van der Waals surface area (Å²) < 4.78 is 11.1. The highest BCUT2D eigenvalue weighted by Gasteiger charge is 2.16. The van der Waals surface area contributed by atoms with Gasteiger partial charge in [-0.05, 0) is 62.6 Å². The van der Waals surface area contributed by atoms with Crippen LogP contribution in [0.5, 0.6) is 5.75 Å². The van der Waals surface area contributed by atoms with E-state index in [0.717, 1.165) is 76.7 Å². The number of nitrogens with one attached hydrogen (secondary N) is 2. The zero-order valence-electron chi connectivity index (χ0n) is 17.1. The molecule has 1 aromatic rings. The van der Waals surface area contributed by atoms with Crippen molar-refractivity contribution in [1.82, 2.24) is 10.6 Å². The van der Waals surface area contributed by atoms with E-state index in [0.29, 0.717) is 18.2 Å². The minimum absolute atomic E-state index is 0.365. The van der Waals surface area contributed by atoms with Gasteiger partial charge in [0, 0.05) is 37.8 Å². The number of fused-ring (bicyclic) bond motifs is 1. The molecule has 2 aliphatic rings. The molecule has 0 amide bonds. The predicted octanol–water partition coefficient (Wildman–Crippen LogP) is 2.77. The van der Waals surface area contributed by atoms with Crippen LogP contribution in [0.1, 0.15) is 49.3 Å². The molecule has 0 saturated carbocycles. The standard InChI is InChI=1S/C22H35N3O3/c1-2-23-22(24-11-5-12-27-15-17-10-13-28-16-17)25-14-20-19-7-4-3-6-18(19)8-9-21(20)26/h8-9,17,26H,2-7,10-16H2,1H3,(H2,23,24,25). The maximum Gasteiger partial charge on any atom is 0.191 e. The lowest BCUT2D eigenvalue weighted by Crippen LogP contribution is -2.38. The number of phenolic OH excluding ortho intramolecular Hbond substituents is 1. The molecule has 1 saturated heterocycles. The van der Waals surface area contributed by atoms with Crippen molar-refractivity contribution in [2.24, 2.45) is 10.9 Å². The Morgan fingerprint density at radius 2 is 2.18 bits per heavy atom. The molecule has 1 fully saturated rings. The Hall–Kier alpha value is -1.79. The Balaban J connectivity index is 1.46. The fourth-order valence-corrected chi connectivity index (χ4v) is 3.91. The Bertz CT molecular complexity index is 642. The first-order chi connectivity index (χ1) is 13.8. The zero-order chi connectivity index (χ0) is 19.6. The number of aryl methyl sites for hydroxylation is 1. The molecule has 0 aromatic heterocycles. The summed E-state index contributed by atoms with van der Waals surface area (Å²) in [6.07, 6.45) is 6.63. The van der Waals surface area contributed by atoms with E-state index >= 15 is 0 Å². The summed E-state index contributed by atoms with van der Waals surface area (Å²) >= 11 is 0. The van der Waals surface area contributed by atoms with Crippen LogP contribution in [0, 0.1) is 5.92 Å². The molecular weight excluding hydrogens is 354 g/mol. The van der Waals surface area contributed by atoms with Gasteiger partial charge < -0.3 is 25.2 Å². The normalized spacial score (nSPS) is 19.5. The molecular formula is C22H35N3O3. The maximum atomic E-state index is 10.3. The molecule has 1 aliphatic carbocycles. The van der Waals surface area contributed by atoms with Crippen molar-refractivity contribution in [2.45, 2.75) is 52.0 Å². The second-order valence-electron chi connectivity index (χ2n) is 7.69. The number of guanidine groups is 1. The lowest BCUT2D eigenvalue weighted by molar-refractivity contribution is 0.0888. The summed E-state index contributed by atoms with van der Waals surface area (Å²) in [4.78, 5) is 4.71. The van der Waals surface area contributed by atoms with Crippen LogP contribution in [0.4, 0.5) is 0 Å². The summed E-state index contributed by atoms with van der Waals surface area (Å²) in [5, 5.41) is 17.0. The average molecular weight is 390 g/mol. The van der Waals surface area contributed by atoms with Crippen LogP contribution in [0.25, 0.3) is 0 Å². The molecule has 156 valence electrons. The minimum atomic E-state index is 0.365. The number of benzene rings is 1. The molecule has 1 unspecified atom stereocenters. The SMILES string of the molecule is CCNC(=NCc1c(O)ccc2c1CCCC2)NCCCOCC1CCOC1. The lowest BCUT2D eigenvalue weighted by atomic mass is 9.88. The van der Waals surface area contributed by atoms with Crippen molar-refractivity contribution >= 4 is 5.96 Å². The highest BCUT2D eigenvalue weighted by Crippen LogP contribution is 2.31. The monoisotopic (exact) mass is 389 g/mol. The number of nitrogens with zero attached hydrogens (tertiary/aromatic N) is 1. The second-order valence-corrected chi connectivity index (χ2v) is 7.69. The fraction of sp³-hybridized carbons (Fsp3) is 0.682. The third kappa shape index (κ3) is 6.11. The van der Waals surface area contributed by atoms with E-state index in [-0.39, 0.29) is 0 Å². The third-order valence-electron chi connectivity index (χ3n) is 5.50. The van der Waals surface area contributed by atoms with Crippen LogP contribution in [0.2, 0.25) is 0 Å². The molecule has 0 spiro atoms. The topological polar surface area (TPSA) is 75.1 Å². The number of aliphatic imine (C=N–C) groups is 1. The summed E-state index contributed by atoms with van der Waals surface area (Å²) in [5.74, 6) is 1.72. The van der Waals surface area contributed by atoms with Gasteiger partial charge in [0.15, 0.2) is 5.96 Å². The fourth-order valence-electron chi connectivity index (χ4n) is 3.91. The van der Waals surface area contributed by atoms with Crippen molar-refractivity contribution in [2.75, 3.05) is 39.5 Å². The van der Waals surface area contributed by atoms with Crippen molar-refractivity contribution < 1.29 is 14.6 Å². The number of aromatic hydroxyl groups is 1. The molecule has 1 heterocycles. The third-order valence-corrected chi connectivity index (χ3v) is 5.50. The van der Waals surface area contributed by atoms with E-state index in [1.54, 1.807) is 0 Å². The van der Waals surface area contributed by atoms with Gasteiger partial charge in [-0.25, -0.2) is 4.99 Å². The molecule has 1 atom stereocenters. The van der Waals surface area contributed by atoms with Crippen molar-refractivity contribution in [3.63, 3.8) is 0 Å². The zero-order valence-corrected chi connectivity index (χ0v) is 17.1.